The Labute approximate surface area is 117 Å². The fraction of sp³-hybridized carbons (Fsp3) is 0.200. The summed E-state index contributed by atoms with van der Waals surface area (Å²) in [5.41, 5.74) is 1.74. The smallest absolute Gasteiger partial charge is 0.269 e. The van der Waals surface area contributed by atoms with Gasteiger partial charge in [-0.05, 0) is 30.2 Å². The Morgan fingerprint density at radius 2 is 2.10 bits per heavy atom. The minimum atomic E-state index is -0.265. The molecule has 4 nitrogen and oxygen atoms in total. The van der Waals surface area contributed by atoms with E-state index in [0.717, 1.165) is 5.69 Å². The van der Waals surface area contributed by atoms with Gasteiger partial charge >= 0.3 is 0 Å². The molecule has 104 valence electrons. The fourth-order valence-electron chi connectivity index (χ4n) is 1.81. The molecule has 0 fully saturated rings. The zero-order valence-corrected chi connectivity index (χ0v) is 11.2. The van der Waals surface area contributed by atoms with Gasteiger partial charge in [-0.25, -0.2) is 4.39 Å². The predicted octanol–water partition coefficient (Wildman–Crippen LogP) is 2.23. The average molecular weight is 273 g/mol. The van der Waals surface area contributed by atoms with Crippen molar-refractivity contribution in [1.82, 2.24) is 10.3 Å². The second-order valence-electron chi connectivity index (χ2n) is 4.28. The van der Waals surface area contributed by atoms with Crippen LogP contribution in [0.4, 0.5) is 10.1 Å². The van der Waals surface area contributed by atoms with E-state index in [4.69, 9.17) is 0 Å². The molecule has 1 aromatic heterocycles. The van der Waals surface area contributed by atoms with Gasteiger partial charge in [-0.1, -0.05) is 18.2 Å². The lowest BCUT2D eigenvalue weighted by atomic mass is 10.1. The number of halogens is 1. The topological polar surface area (TPSA) is 54.0 Å². The Morgan fingerprint density at radius 3 is 2.85 bits per heavy atom. The molecule has 0 saturated carbocycles. The normalized spacial score (nSPS) is 10.1. The van der Waals surface area contributed by atoms with Gasteiger partial charge in [0, 0.05) is 25.5 Å². The summed E-state index contributed by atoms with van der Waals surface area (Å²) in [5.74, 6) is -0.518. The van der Waals surface area contributed by atoms with Crippen molar-refractivity contribution in [3.8, 4) is 0 Å². The lowest BCUT2D eigenvalue weighted by Crippen LogP contribution is -2.26. The van der Waals surface area contributed by atoms with Crippen molar-refractivity contribution in [3.05, 3.63) is 59.7 Å². The number of nitrogens with zero attached hydrogens (tertiary/aromatic N) is 1. The summed E-state index contributed by atoms with van der Waals surface area (Å²) in [6.45, 7) is 0.366. The minimum Gasteiger partial charge on any atom is -0.388 e. The molecular weight excluding hydrogens is 257 g/mol. The van der Waals surface area contributed by atoms with Crippen LogP contribution in [0.1, 0.15) is 16.1 Å². The fourth-order valence-corrected chi connectivity index (χ4v) is 1.81. The quantitative estimate of drug-likeness (QED) is 0.878. The Hall–Kier alpha value is -2.43. The lowest BCUT2D eigenvalue weighted by Gasteiger charge is -2.07. The van der Waals surface area contributed by atoms with Gasteiger partial charge in [-0.2, -0.15) is 0 Å². The van der Waals surface area contributed by atoms with Crippen LogP contribution in [-0.2, 0) is 6.42 Å². The van der Waals surface area contributed by atoms with Crippen molar-refractivity contribution in [2.24, 2.45) is 0 Å². The third kappa shape index (κ3) is 3.54. The number of benzene rings is 1. The molecule has 0 bridgehead atoms. The van der Waals surface area contributed by atoms with Crippen molar-refractivity contribution >= 4 is 11.6 Å². The van der Waals surface area contributed by atoms with E-state index in [1.165, 1.54) is 6.07 Å². The molecule has 0 aliphatic heterocycles. The van der Waals surface area contributed by atoms with Gasteiger partial charge in [-0.15, -0.1) is 0 Å². The maximum Gasteiger partial charge on any atom is 0.269 e. The number of amides is 1. The summed E-state index contributed by atoms with van der Waals surface area (Å²) < 4.78 is 13.4. The van der Waals surface area contributed by atoms with E-state index < -0.39 is 0 Å². The van der Waals surface area contributed by atoms with Gasteiger partial charge in [-0.3, -0.25) is 9.78 Å². The number of rotatable bonds is 5. The second-order valence-corrected chi connectivity index (χ2v) is 4.28. The summed E-state index contributed by atoms with van der Waals surface area (Å²) >= 11 is 0. The largest absolute Gasteiger partial charge is 0.388 e. The molecule has 1 heterocycles. The Morgan fingerprint density at radius 1 is 1.30 bits per heavy atom. The summed E-state index contributed by atoms with van der Waals surface area (Å²) in [7, 11) is 1.77. The van der Waals surface area contributed by atoms with E-state index in [1.807, 2.05) is 0 Å². The first-order chi connectivity index (χ1) is 9.70. The highest BCUT2D eigenvalue weighted by Gasteiger charge is 2.07. The molecule has 0 saturated heterocycles. The van der Waals surface area contributed by atoms with Crippen molar-refractivity contribution in [1.29, 1.82) is 0 Å². The van der Waals surface area contributed by atoms with Crippen LogP contribution in [0.3, 0.4) is 0 Å². The lowest BCUT2D eigenvalue weighted by molar-refractivity contribution is 0.0949. The molecule has 0 radical (unpaired) electrons. The molecule has 1 amide bonds. The SMILES string of the molecule is CNc1ccnc(C(=O)NCCc2ccccc2F)c1. The van der Waals surface area contributed by atoms with Crippen LogP contribution in [0.15, 0.2) is 42.6 Å². The van der Waals surface area contributed by atoms with Gasteiger partial charge < -0.3 is 10.6 Å². The standard InChI is InChI=1S/C15H16FN3O/c1-17-12-7-9-18-14(10-12)15(20)19-8-6-11-4-2-3-5-13(11)16/h2-5,7,9-10H,6,8H2,1H3,(H,17,18)(H,19,20). The number of carbonyl (C=O) groups is 1. The number of anilines is 1. The van der Waals surface area contributed by atoms with Gasteiger partial charge in [0.2, 0.25) is 0 Å². The monoisotopic (exact) mass is 273 g/mol. The highest BCUT2D eigenvalue weighted by molar-refractivity contribution is 5.93. The summed E-state index contributed by atoms with van der Waals surface area (Å²) in [6, 6.07) is 9.98. The molecule has 20 heavy (non-hydrogen) atoms. The van der Waals surface area contributed by atoms with Gasteiger partial charge in [0.15, 0.2) is 0 Å². The van der Waals surface area contributed by atoms with E-state index >= 15 is 0 Å². The van der Waals surface area contributed by atoms with Gasteiger partial charge in [0.05, 0.1) is 0 Å². The van der Waals surface area contributed by atoms with E-state index in [2.05, 4.69) is 15.6 Å². The first-order valence-corrected chi connectivity index (χ1v) is 6.36. The van der Waals surface area contributed by atoms with E-state index in [9.17, 15) is 9.18 Å². The molecular formula is C15H16FN3O. The predicted molar refractivity (Wildman–Crippen MR) is 76.2 cm³/mol. The molecule has 0 aliphatic carbocycles. The molecule has 2 N–H and O–H groups in total. The molecule has 0 atom stereocenters. The van der Waals surface area contributed by atoms with Crippen LogP contribution < -0.4 is 10.6 Å². The maximum atomic E-state index is 13.4. The zero-order valence-electron chi connectivity index (χ0n) is 11.2. The number of carbonyl (C=O) groups excluding carboxylic acids is 1. The molecule has 0 unspecified atom stereocenters. The molecule has 2 aromatic rings. The van der Waals surface area contributed by atoms with E-state index in [1.54, 1.807) is 43.6 Å². The van der Waals surface area contributed by atoms with Crippen LogP contribution in [0.2, 0.25) is 0 Å². The third-order valence-electron chi connectivity index (χ3n) is 2.92. The number of nitrogens with one attached hydrogen (secondary N) is 2. The molecule has 5 heteroatoms. The first kappa shape index (κ1) is 14.0. The summed E-state index contributed by atoms with van der Waals surface area (Å²) in [4.78, 5) is 15.9. The highest BCUT2D eigenvalue weighted by atomic mass is 19.1. The number of hydrogen-bond acceptors (Lipinski definition) is 3. The third-order valence-corrected chi connectivity index (χ3v) is 2.92. The van der Waals surface area contributed by atoms with E-state index in [-0.39, 0.29) is 11.7 Å². The first-order valence-electron chi connectivity index (χ1n) is 6.36. The van der Waals surface area contributed by atoms with Crippen LogP contribution in [-0.4, -0.2) is 24.5 Å². The molecule has 1 aromatic carbocycles. The van der Waals surface area contributed by atoms with Crippen LogP contribution in [0.5, 0.6) is 0 Å². The van der Waals surface area contributed by atoms with Crippen LogP contribution in [0.25, 0.3) is 0 Å². The Bertz CT molecular complexity index is 601. The average Bonchev–Trinajstić information content (AvgIpc) is 2.49. The number of aromatic nitrogens is 1. The number of pyridine rings is 1. The maximum absolute atomic E-state index is 13.4. The molecule has 0 spiro atoms. The highest BCUT2D eigenvalue weighted by Crippen LogP contribution is 2.08. The Balaban J connectivity index is 1.91. The van der Waals surface area contributed by atoms with Crippen molar-refractivity contribution in [2.75, 3.05) is 18.9 Å². The molecule has 0 aliphatic rings. The summed E-state index contributed by atoms with van der Waals surface area (Å²) in [6.07, 6.45) is 2.02. The van der Waals surface area contributed by atoms with Crippen LogP contribution in [0, 0.1) is 5.82 Å². The number of hydrogen-bond donors (Lipinski definition) is 2. The van der Waals surface area contributed by atoms with Crippen LogP contribution >= 0.6 is 0 Å². The van der Waals surface area contributed by atoms with Crippen molar-refractivity contribution in [3.63, 3.8) is 0 Å². The molecule has 2 rings (SSSR count). The Kier molecular flexibility index (Phi) is 4.65. The van der Waals surface area contributed by atoms with Crippen molar-refractivity contribution < 1.29 is 9.18 Å². The second kappa shape index (κ2) is 6.65. The van der Waals surface area contributed by atoms with Gasteiger partial charge in [0.1, 0.15) is 11.5 Å². The van der Waals surface area contributed by atoms with Crippen molar-refractivity contribution in [2.45, 2.75) is 6.42 Å². The summed E-state index contributed by atoms with van der Waals surface area (Å²) in [5, 5.41) is 5.67. The minimum absolute atomic E-state index is 0.253. The zero-order chi connectivity index (χ0) is 14.4. The van der Waals surface area contributed by atoms with E-state index in [0.29, 0.717) is 24.2 Å². The van der Waals surface area contributed by atoms with Gasteiger partial charge in [0.25, 0.3) is 5.91 Å².